The predicted octanol–water partition coefficient (Wildman–Crippen LogP) is 6.11. The minimum Gasteiger partial charge on any atom is -0.388 e. The van der Waals surface area contributed by atoms with Crippen LogP contribution >= 0.6 is 11.6 Å². The van der Waals surface area contributed by atoms with Crippen LogP contribution in [0, 0.1) is 5.92 Å². The van der Waals surface area contributed by atoms with Crippen molar-refractivity contribution < 1.29 is 14.7 Å². The maximum Gasteiger partial charge on any atom is 0.261 e. The lowest BCUT2D eigenvalue weighted by Crippen LogP contribution is -2.51. The van der Waals surface area contributed by atoms with E-state index in [9.17, 15) is 19.5 Å². The van der Waals surface area contributed by atoms with Crippen molar-refractivity contribution in [2.45, 2.75) is 50.7 Å². The molecule has 54 heavy (non-hydrogen) atoms. The SMILES string of the molecule is CN(C)CCC(=O)Nc1ccc2c(=O)n(CC3(O)CCN(C(=O)C(CCCNc4cccc(-c5cc(Cl)ccn5)c4)Cc4ccccc4)CC3)cnc2c1. The first-order valence-corrected chi connectivity index (χ1v) is 18.9. The van der Waals surface area contributed by atoms with Crippen molar-refractivity contribution in [1.82, 2.24) is 24.3 Å². The minimum atomic E-state index is -1.16. The van der Waals surface area contributed by atoms with Gasteiger partial charge in [0.2, 0.25) is 11.8 Å². The molecule has 1 atom stereocenters. The van der Waals surface area contributed by atoms with Crippen LogP contribution in [0.2, 0.25) is 5.02 Å². The molecule has 1 saturated heterocycles. The lowest BCUT2D eigenvalue weighted by Gasteiger charge is -2.39. The third-order valence-corrected chi connectivity index (χ3v) is 10.2. The maximum atomic E-state index is 14.0. The van der Waals surface area contributed by atoms with E-state index in [1.165, 1.54) is 10.9 Å². The quantitative estimate of drug-likeness (QED) is 0.109. The minimum absolute atomic E-state index is 0.0769. The number of halogens is 1. The van der Waals surface area contributed by atoms with Crippen LogP contribution in [0.15, 0.2) is 102 Å². The number of piperidine rings is 1. The Labute approximate surface area is 321 Å². The molecule has 12 heteroatoms. The molecule has 1 unspecified atom stereocenters. The predicted molar refractivity (Wildman–Crippen MR) is 215 cm³/mol. The van der Waals surface area contributed by atoms with Crippen LogP contribution in [0.5, 0.6) is 0 Å². The fourth-order valence-electron chi connectivity index (χ4n) is 6.92. The van der Waals surface area contributed by atoms with E-state index in [0.29, 0.717) is 79.9 Å². The number of pyridine rings is 1. The first-order valence-electron chi connectivity index (χ1n) is 18.5. The Bertz CT molecular complexity index is 2120. The molecule has 3 aromatic carbocycles. The van der Waals surface area contributed by atoms with E-state index >= 15 is 0 Å². The molecule has 2 aromatic heterocycles. The zero-order chi connectivity index (χ0) is 38.1. The Hall–Kier alpha value is -5.10. The number of aromatic nitrogens is 3. The number of benzene rings is 3. The second-order valence-electron chi connectivity index (χ2n) is 14.5. The summed E-state index contributed by atoms with van der Waals surface area (Å²) in [5.74, 6) is -0.237. The second kappa shape index (κ2) is 17.8. The Morgan fingerprint density at radius 1 is 0.963 bits per heavy atom. The number of nitrogens with zero attached hydrogens (tertiary/aromatic N) is 5. The summed E-state index contributed by atoms with van der Waals surface area (Å²) in [6, 6.07) is 26.8. The number of hydrogen-bond acceptors (Lipinski definition) is 8. The molecule has 0 aliphatic carbocycles. The van der Waals surface area contributed by atoms with E-state index in [0.717, 1.165) is 28.9 Å². The summed E-state index contributed by atoms with van der Waals surface area (Å²) in [6.45, 7) is 2.20. The molecule has 0 radical (unpaired) electrons. The maximum absolute atomic E-state index is 14.0. The van der Waals surface area contributed by atoms with Gasteiger partial charge in [0.15, 0.2) is 0 Å². The van der Waals surface area contributed by atoms with Gasteiger partial charge in [-0.25, -0.2) is 4.98 Å². The molecule has 1 fully saturated rings. The average molecular weight is 750 g/mol. The lowest BCUT2D eigenvalue weighted by atomic mass is 9.88. The first kappa shape index (κ1) is 38.6. The molecule has 0 saturated carbocycles. The van der Waals surface area contributed by atoms with Gasteiger partial charge in [0, 0.05) is 66.7 Å². The van der Waals surface area contributed by atoms with E-state index in [4.69, 9.17) is 11.6 Å². The van der Waals surface area contributed by atoms with Crippen molar-refractivity contribution in [3.8, 4) is 11.3 Å². The van der Waals surface area contributed by atoms with Crippen LogP contribution in [0.4, 0.5) is 11.4 Å². The topological polar surface area (TPSA) is 133 Å². The highest BCUT2D eigenvalue weighted by molar-refractivity contribution is 6.30. The van der Waals surface area contributed by atoms with Gasteiger partial charge in [0.05, 0.1) is 35.1 Å². The van der Waals surface area contributed by atoms with Gasteiger partial charge in [-0.1, -0.05) is 54.1 Å². The van der Waals surface area contributed by atoms with Crippen LogP contribution in [0.1, 0.15) is 37.7 Å². The zero-order valence-corrected chi connectivity index (χ0v) is 31.6. The smallest absolute Gasteiger partial charge is 0.261 e. The third kappa shape index (κ3) is 10.3. The lowest BCUT2D eigenvalue weighted by molar-refractivity contribution is -0.140. The number of fused-ring (bicyclic) bond motifs is 1. The summed E-state index contributed by atoms with van der Waals surface area (Å²) >= 11 is 6.18. The average Bonchev–Trinajstić information content (AvgIpc) is 3.17. The van der Waals surface area contributed by atoms with Gasteiger partial charge in [-0.3, -0.25) is 23.9 Å². The number of rotatable bonds is 15. The molecule has 1 aliphatic rings. The molecule has 0 bridgehead atoms. The molecule has 0 spiro atoms. The monoisotopic (exact) mass is 749 g/mol. The molecular formula is C42H48ClN7O4. The molecule has 5 aromatic rings. The number of anilines is 2. The molecule has 1 aliphatic heterocycles. The van der Waals surface area contributed by atoms with Gasteiger partial charge >= 0.3 is 0 Å². The zero-order valence-electron chi connectivity index (χ0n) is 30.9. The summed E-state index contributed by atoms with van der Waals surface area (Å²) in [5, 5.41) is 19.0. The standard InChI is InChI=1S/C42H48ClN7O4/c1-48(2)21-16-39(51)47-35-13-14-36-38(27-35)46-29-50(41(36)53)28-42(54)17-22-49(23-18-42)40(52)32(24-30-8-4-3-5-9-30)11-7-19-44-34-12-6-10-31(25-34)37-26-33(43)15-20-45-37/h3-6,8-10,12-15,20,25-27,29,32,44,54H,7,11,16-19,21-24,28H2,1-2H3,(H,47,51). The van der Waals surface area contributed by atoms with E-state index in [-0.39, 0.29) is 29.8 Å². The van der Waals surface area contributed by atoms with Gasteiger partial charge in [-0.15, -0.1) is 0 Å². The Morgan fingerprint density at radius 3 is 2.52 bits per heavy atom. The highest BCUT2D eigenvalue weighted by atomic mass is 35.5. The summed E-state index contributed by atoms with van der Waals surface area (Å²) in [7, 11) is 3.82. The van der Waals surface area contributed by atoms with Crippen LogP contribution in [-0.4, -0.2) is 87.1 Å². The number of nitrogens with one attached hydrogen (secondary N) is 2. The number of carbonyl (C=O) groups is 2. The van der Waals surface area contributed by atoms with Crippen molar-refractivity contribution in [2.24, 2.45) is 5.92 Å². The molecule has 3 N–H and O–H groups in total. The highest BCUT2D eigenvalue weighted by Gasteiger charge is 2.36. The van der Waals surface area contributed by atoms with E-state index in [2.05, 4.69) is 32.7 Å². The largest absolute Gasteiger partial charge is 0.388 e. The third-order valence-electron chi connectivity index (χ3n) is 9.98. The van der Waals surface area contributed by atoms with Crippen molar-refractivity contribution >= 4 is 45.7 Å². The summed E-state index contributed by atoms with van der Waals surface area (Å²) in [4.78, 5) is 52.5. The number of likely N-dealkylation sites (tertiary alicyclic amines) is 1. The summed E-state index contributed by atoms with van der Waals surface area (Å²) < 4.78 is 1.45. The first-order chi connectivity index (χ1) is 26.0. The van der Waals surface area contributed by atoms with Gasteiger partial charge in [0.25, 0.3) is 5.56 Å². The van der Waals surface area contributed by atoms with E-state index in [1.54, 1.807) is 30.5 Å². The Kier molecular flexibility index (Phi) is 12.7. The van der Waals surface area contributed by atoms with Gasteiger partial charge in [-0.2, -0.15) is 0 Å². The van der Waals surface area contributed by atoms with Crippen LogP contribution in [0.25, 0.3) is 22.2 Å². The summed E-state index contributed by atoms with van der Waals surface area (Å²) in [5.41, 5.74) is 3.48. The number of carbonyl (C=O) groups excluding carboxylic acids is 2. The van der Waals surface area contributed by atoms with Gasteiger partial charge in [0.1, 0.15) is 0 Å². The van der Waals surface area contributed by atoms with Crippen molar-refractivity contribution in [3.05, 3.63) is 118 Å². The van der Waals surface area contributed by atoms with E-state index < -0.39 is 5.60 Å². The number of hydrogen-bond donors (Lipinski definition) is 3. The number of amides is 2. The van der Waals surface area contributed by atoms with Gasteiger partial charge < -0.3 is 25.5 Å². The van der Waals surface area contributed by atoms with Crippen molar-refractivity contribution in [2.75, 3.05) is 50.9 Å². The molecule has 6 rings (SSSR count). The summed E-state index contributed by atoms with van der Waals surface area (Å²) in [6.07, 6.45) is 6.33. The Morgan fingerprint density at radius 2 is 1.76 bits per heavy atom. The molecule has 282 valence electrons. The van der Waals surface area contributed by atoms with Crippen molar-refractivity contribution in [1.29, 1.82) is 0 Å². The van der Waals surface area contributed by atoms with Crippen molar-refractivity contribution in [3.63, 3.8) is 0 Å². The highest BCUT2D eigenvalue weighted by Crippen LogP contribution is 2.28. The van der Waals surface area contributed by atoms with Gasteiger partial charge in [-0.05, 0) is 94.2 Å². The molecule has 3 heterocycles. The normalized spacial score (nSPS) is 14.6. The van der Waals surface area contributed by atoms with Crippen LogP contribution < -0.4 is 16.2 Å². The molecular weight excluding hydrogens is 702 g/mol. The van der Waals surface area contributed by atoms with E-state index in [1.807, 2.05) is 72.4 Å². The fourth-order valence-corrected chi connectivity index (χ4v) is 7.08. The van der Waals surface area contributed by atoms with Crippen LogP contribution in [0.3, 0.4) is 0 Å². The van der Waals surface area contributed by atoms with Crippen LogP contribution in [-0.2, 0) is 22.6 Å². The fraction of sp³-hybridized carbons (Fsp3) is 0.357. The Balaban J connectivity index is 1.05. The molecule has 2 amide bonds. The second-order valence-corrected chi connectivity index (χ2v) is 14.9. The molecule has 11 nitrogen and oxygen atoms in total. The number of aliphatic hydroxyl groups is 1.